The minimum atomic E-state index is -1.07. The van der Waals surface area contributed by atoms with Gasteiger partial charge in [-0.05, 0) is 18.6 Å². The van der Waals surface area contributed by atoms with Crippen molar-refractivity contribution in [2.24, 2.45) is 0 Å². The van der Waals surface area contributed by atoms with Gasteiger partial charge in [0.25, 0.3) is 0 Å². The van der Waals surface area contributed by atoms with Crippen LogP contribution in [0.3, 0.4) is 0 Å². The number of nitrogens with one attached hydrogen (secondary N) is 1. The second kappa shape index (κ2) is 5.68. The molecule has 0 aliphatic carbocycles. The van der Waals surface area contributed by atoms with Gasteiger partial charge in [0.2, 0.25) is 5.91 Å². The van der Waals surface area contributed by atoms with Gasteiger partial charge in [-0.15, -0.1) is 0 Å². The lowest BCUT2D eigenvalue weighted by Crippen LogP contribution is -2.41. The Hall–Kier alpha value is -2.44. The van der Waals surface area contributed by atoms with Gasteiger partial charge in [-0.2, -0.15) is 0 Å². The lowest BCUT2D eigenvalue weighted by molar-refractivity contribution is -0.141. The van der Waals surface area contributed by atoms with E-state index < -0.39 is 23.7 Å². The minimum absolute atomic E-state index is 0.0485. The second-order valence-corrected chi connectivity index (χ2v) is 4.39. The summed E-state index contributed by atoms with van der Waals surface area (Å²) in [5, 5.41) is 11.3. The van der Waals surface area contributed by atoms with Gasteiger partial charge in [-0.1, -0.05) is 6.92 Å². The van der Waals surface area contributed by atoms with Crippen LogP contribution in [0, 0.1) is 5.82 Å². The highest BCUT2D eigenvalue weighted by atomic mass is 19.1. The highest BCUT2D eigenvalue weighted by Gasteiger charge is 2.18. The van der Waals surface area contributed by atoms with Crippen molar-refractivity contribution in [3.63, 3.8) is 0 Å². The molecule has 0 aliphatic heterocycles. The number of hydrogen-bond acceptors (Lipinski definition) is 3. The van der Waals surface area contributed by atoms with Crippen LogP contribution in [0.1, 0.15) is 19.0 Å². The number of nitrogens with zero attached hydrogens (tertiary/aromatic N) is 2. The van der Waals surface area contributed by atoms with Crippen LogP contribution in [-0.4, -0.2) is 32.4 Å². The van der Waals surface area contributed by atoms with E-state index in [0.29, 0.717) is 17.8 Å². The zero-order chi connectivity index (χ0) is 14.7. The predicted octanol–water partition coefficient (Wildman–Crippen LogP) is 0.995. The summed E-state index contributed by atoms with van der Waals surface area (Å²) in [7, 11) is 0. The molecule has 1 unspecified atom stereocenters. The van der Waals surface area contributed by atoms with E-state index in [1.54, 1.807) is 13.1 Å². The Balaban J connectivity index is 2.08. The fourth-order valence-corrected chi connectivity index (χ4v) is 1.85. The molecule has 1 amide bonds. The molecule has 106 valence electrons. The van der Waals surface area contributed by atoms with Gasteiger partial charge < -0.3 is 14.8 Å². The van der Waals surface area contributed by atoms with Crippen LogP contribution < -0.4 is 5.32 Å². The summed E-state index contributed by atoms with van der Waals surface area (Å²) in [6, 6.07) is 1.88. The third kappa shape index (κ3) is 3.11. The van der Waals surface area contributed by atoms with Crippen molar-refractivity contribution >= 4 is 17.5 Å². The number of carbonyl (C=O) groups excluding carboxylic acids is 1. The summed E-state index contributed by atoms with van der Waals surface area (Å²) in [5.74, 6) is -1.90. The van der Waals surface area contributed by atoms with E-state index in [1.165, 1.54) is 22.7 Å². The van der Waals surface area contributed by atoms with Crippen molar-refractivity contribution in [3.8, 4) is 0 Å². The highest BCUT2D eigenvalue weighted by molar-refractivity contribution is 5.84. The van der Waals surface area contributed by atoms with Crippen molar-refractivity contribution < 1.29 is 19.1 Å². The summed E-state index contributed by atoms with van der Waals surface area (Å²) in [4.78, 5) is 26.7. The van der Waals surface area contributed by atoms with Crippen molar-refractivity contribution in [2.75, 3.05) is 0 Å². The minimum Gasteiger partial charge on any atom is -0.480 e. The lowest BCUT2D eigenvalue weighted by atomic mass is 10.2. The molecule has 0 saturated heterocycles. The molecule has 2 N–H and O–H groups in total. The van der Waals surface area contributed by atoms with E-state index in [-0.39, 0.29) is 6.42 Å². The monoisotopic (exact) mass is 279 g/mol. The molecule has 7 heteroatoms. The Morgan fingerprint density at radius 1 is 1.45 bits per heavy atom. The number of aliphatic carboxylic acids is 1. The van der Waals surface area contributed by atoms with Crippen molar-refractivity contribution in [3.05, 3.63) is 36.0 Å². The average Bonchev–Trinajstić information content (AvgIpc) is 2.76. The summed E-state index contributed by atoms with van der Waals surface area (Å²) >= 11 is 0. The first kappa shape index (κ1) is 14.0. The molecule has 2 rings (SSSR count). The molecule has 0 radical (unpaired) electrons. The fraction of sp³-hybridized carbons (Fsp3) is 0.308. The number of fused-ring (bicyclic) bond motifs is 1. The maximum atomic E-state index is 13.0. The van der Waals surface area contributed by atoms with Gasteiger partial charge in [-0.25, -0.2) is 14.2 Å². The second-order valence-electron chi connectivity index (χ2n) is 4.39. The molecule has 0 aromatic carbocycles. The molecule has 2 aromatic heterocycles. The normalized spacial score (nSPS) is 12.3. The molecule has 0 saturated carbocycles. The molecule has 0 fully saturated rings. The molecule has 0 aliphatic rings. The van der Waals surface area contributed by atoms with Gasteiger partial charge in [0, 0.05) is 12.4 Å². The van der Waals surface area contributed by atoms with E-state index in [0.717, 1.165) is 0 Å². The number of rotatable bonds is 5. The Kier molecular flexibility index (Phi) is 3.97. The number of carboxylic acids is 1. The maximum absolute atomic E-state index is 13.0. The molecular formula is C13H14FN3O3. The standard InChI is InChI=1S/C13H14FN3O3/c1-2-10(13(19)20)16-12(18)5-9-7-17-6-8(14)3-4-11(17)15-9/h3-4,6-7,10H,2,5H2,1H3,(H,16,18)(H,19,20). The van der Waals surface area contributed by atoms with Crippen molar-refractivity contribution in [1.82, 2.24) is 14.7 Å². The molecule has 6 nitrogen and oxygen atoms in total. The summed E-state index contributed by atoms with van der Waals surface area (Å²) in [6.45, 7) is 1.67. The zero-order valence-corrected chi connectivity index (χ0v) is 10.8. The van der Waals surface area contributed by atoms with E-state index in [4.69, 9.17) is 5.11 Å². The number of hydrogen-bond donors (Lipinski definition) is 2. The predicted molar refractivity (Wildman–Crippen MR) is 68.7 cm³/mol. The molecule has 1 atom stereocenters. The van der Waals surface area contributed by atoms with Crippen LogP contribution >= 0.6 is 0 Å². The topological polar surface area (TPSA) is 83.7 Å². The maximum Gasteiger partial charge on any atom is 0.326 e. The molecule has 20 heavy (non-hydrogen) atoms. The van der Waals surface area contributed by atoms with Crippen LogP contribution in [0.15, 0.2) is 24.5 Å². The number of carboxylic acid groups (broad SMARTS) is 1. The first-order chi connectivity index (χ1) is 9.49. The first-order valence-corrected chi connectivity index (χ1v) is 6.15. The largest absolute Gasteiger partial charge is 0.480 e. The third-order valence-corrected chi connectivity index (χ3v) is 2.85. The number of aromatic nitrogens is 2. The van der Waals surface area contributed by atoms with E-state index in [1.807, 2.05) is 0 Å². The van der Waals surface area contributed by atoms with Gasteiger partial charge >= 0.3 is 5.97 Å². The number of halogens is 1. The zero-order valence-electron chi connectivity index (χ0n) is 10.8. The van der Waals surface area contributed by atoms with Crippen molar-refractivity contribution in [2.45, 2.75) is 25.8 Å². The van der Waals surface area contributed by atoms with Gasteiger partial charge in [-0.3, -0.25) is 4.79 Å². The molecule has 2 heterocycles. The smallest absolute Gasteiger partial charge is 0.326 e. The Labute approximate surface area is 114 Å². The molecule has 0 spiro atoms. The summed E-state index contributed by atoms with van der Waals surface area (Å²) in [6.07, 6.45) is 3.06. The molecule has 2 aromatic rings. The highest BCUT2D eigenvalue weighted by Crippen LogP contribution is 2.07. The van der Waals surface area contributed by atoms with Gasteiger partial charge in [0.05, 0.1) is 12.1 Å². The average molecular weight is 279 g/mol. The number of amides is 1. The third-order valence-electron chi connectivity index (χ3n) is 2.85. The first-order valence-electron chi connectivity index (χ1n) is 6.15. The Bertz CT molecular complexity index is 653. The Morgan fingerprint density at radius 3 is 2.85 bits per heavy atom. The van der Waals surface area contributed by atoms with Crippen LogP contribution in [0.25, 0.3) is 5.65 Å². The SMILES string of the molecule is CCC(NC(=O)Cc1cn2cc(F)ccc2n1)C(=O)O. The number of carbonyl (C=O) groups is 2. The van der Waals surface area contributed by atoms with Crippen molar-refractivity contribution in [1.29, 1.82) is 0 Å². The number of imidazole rings is 1. The van der Waals surface area contributed by atoms with Crippen LogP contribution in [0.4, 0.5) is 4.39 Å². The lowest BCUT2D eigenvalue weighted by Gasteiger charge is -2.11. The van der Waals surface area contributed by atoms with E-state index in [9.17, 15) is 14.0 Å². The number of pyridine rings is 1. The fourth-order valence-electron chi connectivity index (χ4n) is 1.85. The van der Waals surface area contributed by atoms with Crippen LogP contribution in [-0.2, 0) is 16.0 Å². The quantitative estimate of drug-likeness (QED) is 0.855. The van der Waals surface area contributed by atoms with E-state index >= 15 is 0 Å². The van der Waals surface area contributed by atoms with E-state index in [2.05, 4.69) is 10.3 Å². The molecule has 0 bridgehead atoms. The van der Waals surface area contributed by atoms with Gasteiger partial charge in [0.1, 0.15) is 17.5 Å². The molecular weight excluding hydrogens is 265 g/mol. The Morgan fingerprint density at radius 2 is 2.20 bits per heavy atom. The summed E-state index contributed by atoms with van der Waals surface area (Å²) < 4.78 is 14.5. The summed E-state index contributed by atoms with van der Waals surface area (Å²) in [5.41, 5.74) is 0.979. The van der Waals surface area contributed by atoms with Gasteiger partial charge in [0.15, 0.2) is 0 Å². The van der Waals surface area contributed by atoms with Crippen LogP contribution in [0.5, 0.6) is 0 Å². The van der Waals surface area contributed by atoms with Crippen LogP contribution in [0.2, 0.25) is 0 Å².